The minimum absolute atomic E-state index is 1.02. The summed E-state index contributed by atoms with van der Waals surface area (Å²) in [6.07, 6.45) is -5.49. The first-order chi connectivity index (χ1) is 9.56. The number of aliphatic hydroxyl groups is 1. The largest absolute Gasteiger partial charge is 0.479 e. The summed E-state index contributed by atoms with van der Waals surface area (Å²) in [5.74, 6) is -4.45. The molecule has 0 spiro atoms. The van der Waals surface area contributed by atoms with E-state index < -0.39 is 48.3 Å². The van der Waals surface area contributed by atoms with Crippen LogP contribution in [0, 0.1) is 0 Å². The van der Waals surface area contributed by atoms with Crippen LogP contribution >= 0.6 is 0 Å². The number of hydrogen-bond donors (Lipinski definition) is 2. The minimum Gasteiger partial charge on any atom is -0.479 e. The van der Waals surface area contributed by atoms with Crippen molar-refractivity contribution in [1.82, 2.24) is 0 Å². The molecule has 0 aromatic carbocycles. The van der Waals surface area contributed by atoms with Crippen LogP contribution in [0.3, 0.4) is 0 Å². The lowest BCUT2D eigenvalue weighted by Crippen LogP contribution is -2.36. The maximum Gasteiger partial charge on any atom is 0.347 e. The van der Waals surface area contributed by atoms with E-state index in [-0.39, 0.29) is 0 Å². The Balaban J connectivity index is 4.40. The third-order valence-corrected chi connectivity index (χ3v) is 2.23. The quantitative estimate of drug-likeness (QED) is 0.459. The van der Waals surface area contributed by atoms with Gasteiger partial charge < -0.3 is 24.4 Å². The number of aliphatic hydroxyl groups excluding tert-OH is 1. The van der Waals surface area contributed by atoms with Gasteiger partial charge in [-0.15, -0.1) is 0 Å². The summed E-state index contributed by atoms with van der Waals surface area (Å²) in [5.41, 5.74) is 0. The van der Waals surface area contributed by atoms with E-state index in [1.807, 2.05) is 0 Å². The molecule has 0 aliphatic carbocycles. The average Bonchev–Trinajstić information content (AvgIpc) is 2.37. The summed E-state index contributed by atoms with van der Waals surface area (Å²) in [6.45, 7) is 4.67. The molecular weight excluding hydrogens is 288 g/mol. The van der Waals surface area contributed by atoms with Crippen molar-refractivity contribution >= 4 is 23.9 Å². The molecule has 0 saturated carbocycles. The van der Waals surface area contributed by atoms with Gasteiger partial charge in [0.1, 0.15) is 6.10 Å². The summed E-state index contributed by atoms with van der Waals surface area (Å²) < 4.78 is 13.7. The molecule has 2 N–H and O–H groups in total. The fourth-order valence-corrected chi connectivity index (χ4v) is 0.959. The lowest BCUT2D eigenvalue weighted by Gasteiger charge is -2.18. The number of carboxylic acid groups (broad SMARTS) is 1. The van der Waals surface area contributed by atoms with Gasteiger partial charge in [0.05, 0.1) is 0 Å². The predicted molar refractivity (Wildman–Crippen MR) is 66.0 cm³/mol. The van der Waals surface area contributed by atoms with Gasteiger partial charge in [0.15, 0.2) is 18.3 Å². The zero-order valence-corrected chi connectivity index (χ0v) is 12.1. The van der Waals surface area contributed by atoms with Gasteiger partial charge >= 0.3 is 23.9 Å². The SMILES string of the molecule is C[C@H](O)C(=O)O[C@@H](C)C(=O)O[C@H](C)C(=O)O[C@@H](C)C(=O)O. The highest BCUT2D eigenvalue weighted by Gasteiger charge is 2.28. The van der Waals surface area contributed by atoms with E-state index in [9.17, 15) is 19.2 Å². The fourth-order valence-electron chi connectivity index (χ4n) is 0.959. The molecule has 0 saturated heterocycles. The second-order valence-electron chi connectivity index (χ2n) is 4.25. The predicted octanol–water partition coefficient (Wildman–Crippen LogP) is -0.753. The van der Waals surface area contributed by atoms with Crippen molar-refractivity contribution < 1.29 is 43.6 Å². The number of aliphatic carboxylic acids is 1. The molecule has 9 nitrogen and oxygen atoms in total. The van der Waals surface area contributed by atoms with Gasteiger partial charge in [-0.25, -0.2) is 19.2 Å². The van der Waals surface area contributed by atoms with Gasteiger partial charge in [0.25, 0.3) is 0 Å². The molecule has 0 amide bonds. The number of rotatable bonds is 7. The Hall–Kier alpha value is -2.16. The first-order valence-corrected chi connectivity index (χ1v) is 6.08. The average molecular weight is 306 g/mol. The summed E-state index contributed by atoms with van der Waals surface area (Å²) in [6, 6.07) is 0. The van der Waals surface area contributed by atoms with Crippen LogP contribution in [0.5, 0.6) is 0 Å². The smallest absolute Gasteiger partial charge is 0.347 e. The van der Waals surface area contributed by atoms with E-state index in [1.54, 1.807) is 0 Å². The second kappa shape index (κ2) is 8.20. The van der Waals surface area contributed by atoms with Crippen molar-refractivity contribution in [2.45, 2.75) is 52.1 Å². The van der Waals surface area contributed by atoms with E-state index in [0.717, 1.165) is 13.8 Å². The topological polar surface area (TPSA) is 136 Å². The first-order valence-electron chi connectivity index (χ1n) is 6.08. The first kappa shape index (κ1) is 18.8. The van der Waals surface area contributed by atoms with Crippen molar-refractivity contribution in [2.75, 3.05) is 0 Å². The van der Waals surface area contributed by atoms with Gasteiger partial charge in [-0.2, -0.15) is 0 Å². The Labute approximate surface area is 120 Å². The Bertz CT molecular complexity index is 415. The van der Waals surface area contributed by atoms with Gasteiger partial charge in [-0.1, -0.05) is 0 Å². The van der Waals surface area contributed by atoms with Crippen LogP contribution < -0.4 is 0 Å². The van der Waals surface area contributed by atoms with Crippen LogP contribution in [0.25, 0.3) is 0 Å². The van der Waals surface area contributed by atoms with Crippen LogP contribution in [0.4, 0.5) is 0 Å². The normalized spacial score (nSPS) is 16.0. The molecule has 21 heavy (non-hydrogen) atoms. The maximum atomic E-state index is 11.5. The summed E-state index contributed by atoms with van der Waals surface area (Å²) in [5, 5.41) is 17.5. The third-order valence-electron chi connectivity index (χ3n) is 2.23. The van der Waals surface area contributed by atoms with Crippen molar-refractivity contribution in [3.63, 3.8) is 0 Å². The van der Waals surface area contributed by atoms with Crippen molar-refractivity contribution in [3.05, 3.63) is 0 Å². The molecule has 0 fully saturated rings. The molecule has 4 atom stereocenters. The molecule has 120 valence electrons. The van der Waals surface area contributed by atoms with Crippen LogP contribution in [0.1, 0.15) is 27.7 Å². The van der Waals surface area contributed by atoms with Crippen LogP contribution in [-0.4, -0.2) is 58.5 Å². The number of ether oxygens (including phenoxy) is 3. The van der Waals surface area contributed by atoms with Crippen LogP contribution in [0.15, 0.2) is 0 Å². The van der Waals surface area contributed by atoms with Gasteiger partial charge in [-0.3, -0.25) is 0 Å². The molecule has 0 heterocycles. The van der Waals surface area contributed by atoms with Crippen molar-refractivity contribution in [1.29, 1.82) is 0 Å². The zero-order chi connectivity index (χ0) is 16.7. The monoisotopic (exact) mass is 306 g/mol. The molecule has 0 aromatic heterocycles. The molecule has 0 unspecified atom stereocenters. The highest BCUT2D eigenvalue weighted by Crippen LogP contribution is 2.04. The molecule has 0 aliphatic rings. The number of carbonyl (C=O) groups excluding carboxylic acids is 3. The summed E-state index contributed by atoms with van der Waals surface area (Å²) >= 11 is 0. The highest BCUT2D eigenvalue weighted by molar-refractivity contribution is 5.84. The Morgan fingerprint density at radius 3 is 1.38 bits per heavy atom. The maximum absolute atomic E-state index is 11.5. The molecule has 0 aromatic rings. The Morgan fingerprint density at radius 1 is 0.714 bits per heavy atom. The van der Waals surface area contributed by atoms with Gasteiger partial charge in [0.2, 0.25) is 0 Å². The summed E-state index contributed by atoms with van der Waals surface area (Å²) in [4.78, 5) is 44.5. The fraction of sp³-hybridized carbons (Fsp3) is 0.667. The lowest BCUT2D eigenvalue weighted by atomic mass is 10.3. The Kier molecular flexibility index (Phi) is 7.36. The number of esters is 3. The third kappa shape index (κ3) is 6.70. The lowest BCUT2D eigenvalue weighted by molar-refractivity contribution is -0.182. The van der Waals surface area contributed by atoms with Crippen molar-refractivity contribution in [3.8, 4) is 0 Å². The molecular formula is C12H18O9. The molecule has 0 rings (SSSR count). The number of carboxylic acids is 1. The zero-order valence-electron chi connectivity index (χ0n) is 12.1. The van der Waals surface area contributed by atoms with Crippen LogP contribution in [-0.2, 0) is 33.4 Å². The molecule has 0 aliphatic heterocycles. The standard InChI is InChI=1S/C12H18O9/c1-5(13)10(16)20-7(3)12(18)21-8(4)11(17)19-6(2)9(14)15/h5-8,13H,1-4H3,(H,14,15)/t5-,6-,7-,8+/m0/s1. The van der Waals surface area contributed by atoms with E-state index in [4.69, 9.17) is 10.2 Å². The van der Waals surface area contributed by atoms with E-state index >= 15 is 0 Å². The summed E-state index contributed by atoms with van der Waals surface area (Å²) in [7, 11) is 0. The molecule has 0 radical (unpaired) electrons. The Morgan fingerprint density at radius 2 is 1.05 bits per heavy atom. The number of carbonyl (C=O) groups is 4. The van der Waals surface area contributed by atoms with Gasteiger partial charge in [0, 0.05) is 0 Å². The minimum atomic E-state index is -1.40. The van der Waals surface area contributed by atoms with E-state index in [0.29, 0.717) is 0 Å². The number of hydrogen-bond acceptors (Lipinski definition) is 8. The van der Waals surface area contributed by atoms with Gasteiger partial charge in [-0.05, 0) is 27.7 Å². The highest BCUT2D eigenvalue weighted by atomic mass is 16.6. The van der Waals surface area contributed by atoms with Crippen molar-refractivity contribution in [2.24, 2.45) is 0 Å². The second-order valence-corrected chi connectivity index (χ2v) is 4.25. The van der Waals surface area contributed by atoms with E-state index in [2.05, 4.69) is 14.2 Å². The van der Waals surface area contributed by atoms with E-state index in [1.165, 1.54) is 13.8 Å². The molecule has 0 bridgehead atoms. The van der Waals surface area contributed by atoms with Crippen LogP contribution in [0.2, 0.25) is 0 Å². The molecule has 9 heteroatoms.